The highest BCUT2D eigenvalue weighted by Gasteiger charge is 2.09. The van der Waals surface area contributed by atoms with Gasteiger partial charge in [-0.15, -0.1) is 0 Å². The van der Waals surface area contributed by atoms with Gasteiger partial charge in [-0.1, -0.05) is 6.07 Å². The molecule has 6 heteroatoms. The summed E-state index contributed by atoms with van der Waals surface area (Å²) in [5.41, 5.74) is 1.39. The molecule has 0 bridgehead atoms. The third-order valence-corrected chi connectivity index (χ3v) is 2.52. The summed E-state index contributed by atoms with van der Waals surface area (Å²) in [5.74, 6) is 0.407. The van der Waals surface area contributed by atoms with Crippen LogP contribution in [0.5, 0.6) is 0 Å². The van der Waals surface area contributed by atoms with Crippen molar-refractivity contribution >= 4 is 11.7 Å². The lowest BCUT2D eigenvalue weighted by atomic mass is 10.3. The first-order valence-corrected chi connectivity index (χ1v) is 6.41. The van der Waals surface area contributed by atoms with Crippen molar-refractivity contribution in [2.75, 3.05) is 5.32 Å². The normalized spacial score (nSPS) is 10.3. The predicted octanol–water partition coefficient (Wildman–Crippen LogP) is 1.62. The first kappa shape index (κ1) is 13.9. The molecule has 2 rings (SSSR count). The van der Waals surface area contributed by atoms with Crippen molar-refractivity contribution in [1.29, 1.82) is 0 Å². The maximum absolute atomic E-state index is 11.8. The lowest BCUT2D eigenvalue weighted by Crippen LogP contribution is -2.30. The van der Waals surface area contributed by atoms with E-state index in [0.717, 1.165) is 5.56 Å². The summed E-state index contributed by atoms with van der Waals surface area (Å²) in [6.07, 6.45) is 4.88. The second-order valence-electron chi connectivity index (χ2n) is 4.63. The number of carbonyl (C=O) groups is 1. The second-order valence-corrected chi connectivity index (χ2v) is 4.63. The van der Waals surface area contributed by atoms with Crippen LogP contribution < -0.4 is 10.6 Å². The van der Waals surface area contributed by atoms with Gasteiger partial charge in [-0.05, 0) is 25.5 Å². The molecule has 0 unspecified atom stereocenters. The van der Waals surface area contributed by atoms with E-state index >= 15 is 0 Å². The molecule has 2 heterocycles. The van der Waals surface area contributed by atoms with Gasteiger partial charge in [0.25, 0.3) is 5.91 Å². The SMILES string of the molecule is CC(C)NC(=O)c1cc(NCc2cccnc2)ncn1. The van der Waals surface area contributed by atoms with E-state index < -0.39 is 0 Å². The van der Waals surface area contributed by atoms with E-state index in [9.17, 15) is 4.79 Å². The van der Waals surface area contributed by atoms with Crippen LogP contribution in [0.3, 0.4) is 0 Å². The molecule has 2 aromatic heterocycles. The Morgan fingerprint density at radius 3 is 2.90 bits per heavy atom. The number of pyridine rings is 1. The van der Waals surface area contributed by atoms with Crippen LogP contribution in [-0.4, -0.2) is 26.9 Å². The number of anilines is 1. The molecule has 104 valence electrons. The molecule has 2 aromatic rings. The molecule has 1 amide bonds. The summed E-state index contributed by atoms with van der Waals surface area (Å²) in [4.78, 5) is 23.9. The standard InChI is InChI=1S/C14H17N5O/c1-10(2)19-14(20)12-6-13(18-9-17-12)16-8-11-4-3-5-15-7-11/h3-7,9-10H,8H2,1-2H3,(H,19,20)(H,16,17,18). The van der Waals surface area contributed by atoms with E-state index in [-0.39, 0.29) is 11.9 Å². The van der Waals surface area contributed by atoms with Crippen molar-refractivity contribution in [3.63, 3.8) is 0 Å². The van der Waals surface area contributed by atoms with E-state index in [1.54, 1.807) is 18.5 Å². The van der Waals surface area contributed by atoms with Crippen LogP contribution in [0.15, 0.2) is 36.9 Å². The average Bonchev–Trinajstić information content (AvgIpc) is 2.46. The zero-order chi connectivity index (χ0) is 14.4. The highest BCUT2D eigenvalue weighted by Crippen LogP contribution is 2.06. The molecule has 0 aromatic carbocycles. The van der Waals surface area contributed by atoms with Gasteiger partial charge in [0, 0.05) is 31.0 Å². The van der Waals surface area contributed by atoms with Crippen molar-refractivity contribution in [2.24, 2.45) is 0 Å². The Hall–Kier alpha value is -2.50. The van der Waals surface area contributed by atoms with Crippen molar-refractivity contribution in [3.05, 3.63) is 48.2 Å². The molecule has 0 radical (unpaired) electrons. The van der Waals surface area contributed by atoms with E-state index in [0.29, 0.717) is 18.1 Å². The van der Waals surface area contributed by atoms with E-state index in [1.807, 2.05) is 26.0 Å². The van der Waals surface area contributed by atoms with Crippen LogP contribution >= 0.6 is 0 Å². The monoisotopic (exact) mass is 271 g/mol. The summed E-state index contributed by atoms with van der Waals surface area (Å²) >= 11 is 0. The molecular formula is C14H17N5O. The van der Waals surface area contributed by atoms with Crippen LogP contribution in [-0.2, 0) is 6.54 Å². The van der Waals surface area contributed by atoms with E-state index in [1.165, 1.54) is 6.33 Å². The molecule has 0 saturated heterocycles. The third kappa shape index (κ3) is 4.01. The number of nitrogens with one attached hydrogen (secondary N) is 2. The van der Waals surface area contributed by atoms with Crippen molar-refractivity contribution in [1.82, 2.24) is 20.3 Å². The largest absolute Gasteiger partial charge is 0.366 e. The first-order chi connectivity index (χ1) is 9.65. The number of amides is 1. The number of aromatic nitrogens is 3. The van der Waals surface area contributed by atoms with Crippen LogP contribution in [0.25, 0.3) is 0 Å². The second kappa shape index (κ2) is 6.60. The number of hydrogen-bond donors (Lipinski definition) is 2. The molecule has 0 aliphatic rings. The van der Waals surface area contributed by atoms with Gasteiger partial charge in [-0.3, -0.25) is 9.78 Å². The van der Waals surface area contributed by atoms with Crippen LogP contribution in [0, 0.1) is 0 Å². The van der Waals surface area contributed by atoms with Crippen LogP contribution in [0.4, 0.5) is 5.82 Å². The molecule has 0 aliphatic heterocycles. The van der Waals surface area contributed by atoms with Gasteiger partial charge < -0.3 is 10.6 Å². The summed E-state index contributed by atoms with van der Waals surface area (Å²) < 4.78 is 0. The molecule has 6 nitrogen and oxygen atoms in total. The molecule has 2 N–H and O–H groups in total. The topological polar surface area (TPSA) is 79.8 Å². The first-order valence-electron chi connectivity index (χ1n) is 6.41. The lowest BCUT2D eigenvalue weighted by Gasteiger charge is -2.09. The zero-order valence-corrected chi connectivity index (χ0v) is 11.5. The Morgan fingerprint density at radius 1 is 1.35 bits per heavy atom. The summed E-state index contributed by atoms with van der Waals surface area (Å²) in [7, 11) is 0. The molecular weight excluding hydrogens is 254 g/mol. The van der Waals surface area contributed by atoms with E-state index in [2.05, 4.69) is 25.6 Å². The molecule has 20 heavy (non-hydrogen) atoms. The Bertz CT molecular complexity index is 571. The lowest BCUT2D eigenvalue weighted by molar-refractivity contribution is 0.0938. The number of carbonyl (C=O) groups excluding carboxylic acids is 1. The highest BCUT2D eigenvalue weighted by atomic mass is 16.1. The maximum atomic E-state index is 11.8. The van der Waals surface area contributed by atoms with Crippen molar-refractivity contribution < 1.29 is 4.79 Å². The number of nitrogens with zero attached hydrogens (tertiary/aromatic N) is 3. The Balaban J connectivity index is 2.01. The molecule has 0 atom stereocenters. The fraction of sp³-hybridized carbons (Fsp3) is 0.286. The quantitative estimate of drug-likeness (QED) is 0.864. The smallest absolute Gasteiger partial charge is 0.270 e. The van der Waals surface area contributed by atoms with Gasteiger partial charge in [-0.2, -0.15) is 0 Å². The number of hydrogen-bond acceptors (Lipinski definition) is 5. The fourth-order valence-corrected chi connectivity index (χ4v) is 1.61. The maximum Gasteiger partial charge on any atom is 0.270 e. The Morgan fingerprint density at radius 2 is 2.20 bits per heavy atom. The molecule has 0 aliphatic carbocycles. The fourth-order valence-electron chi connectivity index (χ4n) is 1.61. The highest BCUT2D eigenvalue weighted by molar-refractivity contribution is 5.92. The van der Waals surface area contributed by atoms with Gasteiger partial charge in [0.05, 0.1) is 0 Å². The van der Waals surface area contributed by atoms with Crippen LogP contribution in [0.2, 0.25) is 0 Å². The third-order valence-electron chi connectivity index (χ3n) is 2.52. The average molecular weight is 271 g/mol. The zero-order valence-electron chi connectivity index (χ0n) is 11.5. The molecule has 0 fully saturated rings. The Kier molecular flexibility index (Phi) is 4.60. The summed E-state index contributed by atoms with van der Waals surface area (Å²) in [5, 5.41) is 5.93. The summed E-state index contributed by atoms with van der Waals surface area (Å²) in [6.45, 7) is 4.40. The predicted molar refractivity (Wildman–Crippen MR) is 76.2 cm³/mol. The van der Waals surface area contributed by atoms with Gasteiger partial charge in [0.1, 0.15) is 17.8 Å². The molecule has 0 saturated carbocycles. The van der Waals surface area contributed by atoms with Gasteiger partial charge in [-0.25, -0.2) is 9.97 Å². The Labute approximate surface area is 117 Å². The minimum absolute atomic E-state index is 0.0734. The van der Waals surface area contributed by atoms with Gasteiger partial charge in [0.2, 0.25) is 0 Å². The van der Waals surface area contributed by atoms with Crippen molar-refractivity contribution in [3.8, 4) is 0 Å². The van der Waals surface area contributed by atoms with Crippen molar-refractivity contribution in [2.45, 2.75) is 26.4 Å². The minimum Gasteiger partial charge on any atom is -0.366 e. The molecule has 0 spiro atoms. The van der Waals surface area contributed by atoms with Gasteiger partial charge in [0.15, 0.2) is 0 Å². The number of rotatable bonds is 5. The van der Waals surface area contributed by atoms with Crippen LogP contribution in [0.1, 0.15) is 29.9 Å². The van der Waals surface area contributed by atoms with Gasteiger partial charge >= 0.3 is 0 Å². The minimum atomic E-state index is -0.202. The van der Waals surface area contributed by atoms with E-state index in [4.69, 9.17) is 0 Å². The summed E-state index contributed by atoms with van der Waals surface area (Å²) in [6, 6.07) is 5.55.